The molecule has 11 heteroatoms. The Hall–Kier alpha value is -4.82. The summed E-state index contributed by atoms with van der Waals surface area (Å²) in [5.74, 6) is 5.88. The molecular formula is C37H43N7O4. The Bertz CT molecular complexity index is 1860. The van der Waals surface area contributed by atoms with Crippen LogP contribution in [0.4, 0.5) is 4.79 Å². The van der Waals surface area contributed by atoms with Crippen LogP contribution in [0.2, 0.25) is 0 Å². The Morgan fingerprint density at radius 2 is 1.62 bits per heavy atom. The van der Waals surface area contributed by atoms with Gasteiger partial charge >= 0.3 is 11.8 Å². The van der Waals surface area contributed by atoms with Crippen LogP contribution in [0, 0.1) is 18.8 Å². The number of H-pyrrole nitrogens is 2. The van der Waals surface area contributed by atoms with Crippen LogP contribution in [0.5, 0.6) is 0 Å². The molecule has 3 aliphatic rings. The average molecular weight is 650 g/mol. The summed E-state index contributed by atoms with van der Waals surface area (Å²) in [6, 6.07) is 14.0. The number of ether oxygens (including phenoxy) is 1. The van der Waals surface area contributed by atoms with E-state index in [4.69, 9.17) is 4.74 Å². The highest BCUT2D eigenvalue weighted by molar-refractivity contribution is 5.87. The van der Waals surface area contributed by atoms with Gasteiger partial charge in [-0.25, -0.2) is 9.59 Å². The first-order valence-electron chi connectivity index (χ1n) is 17.2. The molecule has 3 fully saturated rings. The largest absolute Gasteiger partial charge is 0.423 e. The van der Waals surface area contributed by atoms with Gasteiger partial charge < -0.3 is 24.4 Å². The van der Waals surface area contributed by atoms with Gasteiger partial charge in [-0.3, -0.25) is 14.5 Å². The van der Waals surface area contributed by atoms with E-state index in [1.54, 1.807) is 15.7 Å². The number of piperidine rings is 3. The Labute approximate surface area is 280 Å². The number of fused-ring (bicyclic) bond motifs is 1. The molecule has 11 nitrogen and oxygen atoms in total. The standard InChI is InChI=1S/C37H43N7O4/c1-26-22-27(23-29-24-38-40-34(26)29)10-11-33(35(45)42-18-12-30(13-19-42)41-16-6-3-7-17-41)48-37(47)43-20-14-31(15-21-43)44-25-32(39-36(44)46)28-8-4-2-5-9-28/h2,4-5,8-9,22-25,30-31,33H,3,6-7,12-21H2,1H3,(H,38,40)(H,39,46). The molecule has 2 aromatic heterocycles. The Kier molecular flexibility index (Phi) is 9.34. The quantitative estimate of drug-likeness (QED) is 0.303. The number of hydrogen-bond donors (Lipinski definition) is 2. The summed E-state index contributed by atoms with van der Waals surface area (Å²) in [7, 11) is 0. The molecule has 2 amide bonds. The monoisotopic (exact) mass is 649 g/mol. The molecule has 0 aliphatic carbocycles. The maximum absolute atomic E-state index is 13.9. The number of amides is 2. The predicted molar refractivity (Wildman–Crippen MR) is 183 cm³/mol. The van der Waals surface area contributed by atoms with Crippen molar-refractivity contribution in [2.45, 2.75) is 70.1 Å². The number of imidazole rings is 1. The van der Waals surface area contributed by atoms with Crippen LogP contribution in [0.3, 0.4) is 0 Å². The van der Waals surface area contributed by atoms with Gasteiger partial charge in [-0.15, -0.1) is 0 Å². The van der Waals surface area contributed by atoms with Crippen molar-refractivity contribution in [2.75, 3.05) is 39.3 Å². The fourth-order valence-electron chi connectivity index (χ4n) is 7.45. The highest BCUT2D eigenvalue weighted by Crippen LogP contribution is 2.26. The Morgan fingerprint density at radius 3 is 2.38 bits per heavy atom. The smallest absolute Gasteiger partial charge is 0.411 e. The zero-order chi connectivity index (χ0) is 33.0. The second-order valence-corrected chi connectivity index (χ2v) is 13.3. The highest BCUT2D eigenvalue weighted by Gasteiger charge is 2.34. The van der Waals surface area contributed by atoms with Gasteiger partial charge in [-0.2, -0.15) is 5.10 Å². The summed E-state index contributed by atoms with van der Waals surface area (Å²) in [6.45, 7) is 6.31. The zero-order valence-corrected chi connectivity index (χ0v) is 27.5. The van der Waals surface area contributed by atoms with E-state index in [2.05, 4.69) is 31.9 Å². The lowest BCUT2D eigenvalue weighted by molar-refractivity contribution is -0.139. The Morgan fingerprint density at radius 1 is 0.917 bits per heavy atom. The number of aryl methyl sites for hydroxylation is 1. The first-order chi connectivity index (χ1) is 23.4. The fraction of sp³-hybridized carbons (Fsp3) is 0.459. The summed E-state index contributed by atoms with van der Waals surface area (Å²) in [5, 5.41) is 8.06. The molecule has 2 N–H and O–H groups in total. The number of likely N-dealkylation sites (tertiary alicyclic amines) is 3. The van der Waals surface area contributed by atoms with Gasteiger partial charge in [0.1, 0.15) is 0 Å². The van der Waals surface area contributed by atoms with Crippen molar-refractivity contribution in [2.24, 2.45) is 0 Å². The van der Waals surface area contributed by atoms with Gasteiger partial charge in [0.25, 0.3) is 5.91 Å². The fourth-order valence-corrected chi connectivity index (χ4v) is 7.45. The highest BCUT2D eigenvalue weighted by atomic mass is 16.6. The maximum atomic E-state index is 13.9. The minimum Gasteiger partial charge on any atom is -0.423 e. The van der Waals surface area contributed by atoms with Crippen molar-refractivity contribution in [3.05, 3.63) is 76.5 Å². The maximum Gasteiger partial charge on any atom is 0.411 e. The lowest BCUT2D eigenvalue weighted by atomic mass is 9.99. The van der Waals surface area contributed by atoms with E-state index in [9.17, 15) is 14.4 Å². The van der Waals surface area contributed by atoms with E-state index >= 15 is 0 Å². The molecule has 3 aliphatic heterocycles. The van der Waals surface area contributed by atoms with Crippen LogP contribution >= 0.6 is 0 Å². The zero-order valence-electron chi connectivity index (χ0n) is 27.5. The van der Waals surface area contributed by atoms with E-state index in [0.717, 1.165) is 59.2 Å². The van der Waals surface area contributed by atoms with Crippen LogP contribution in [-0.2, 0) is 9.53 Å². The first-order valence-corrected chi connectivity index (χ1v) is 17.2. The third-order valence-corrected chi connectivity index (χ3v) is 10.2. The van der Waals surface area contributed by atoms with E-state index in [1.165, 1.54) is 19.3 Å². The van der Waals surface area contributed by atoms with Gasteiger partial charge in [-0.05, 0) is 87.7 Å². The van der Waals surface area contributed by atoms with E-state index < -0.39 is 12.2 Å². The average Bonchev–Trinajstić information content (AvgIpc) is 3.78. The molecule has 2 aromatic carbocycles. The predicted octanol–water partition coefficient (Wildman–Crippen LogP) is 4.70. The summed E-state index contributed by atoms with van der Waals surface area (Å²) in [5.41, 5.74) is 4.22. The summed E-state index contributed by atoms with van der Waals surface area (Å²) < 4.78 is 7.65. The summed E-state index contributed by atoms with van der Waals surface area (Å²) >= 11 is 0. The lowest BCUT2D eigenvalue weighted by Gasteiger charge is -2.40. The number of benzene rings is 2. The minimum atomic E-state index is -1.22. The normalized spacial score (nSPS) is 18.8. The number of aromatic amines is 2. The first kappa shape index (κ1) is 31.8. The van der Waals surface area contributed by atoms with Crippen molar-refractivity contribution < 1.29 is 14.3 Å². The molecule has 7 rings (SSSR count). The van der Waals surface area contributed by atoms with Crippen LogP contribution in [0.15, 0.2) is 59.7 Å². The van der Waals surface area contributed by atoms with Crippen molar-refractivity contribution in [1.82, 2.24) is 34.4 Å². The third kappa shape index (κ3) is 6.90. The molecule has 1 unspecified atom stereocenters. The van der Waals surface area contributed by atoms with Gasteiger partial charge in [0.2, 0.25) is 6.10 Å². The molecule has 48 heavy (non-hydrogen) atoms. The number of nitrogens with zero attached hydrogens (tertiary/aromatic N) is 5. The van der Waals surface area contributed by atoms with Crippen LogP contribution in [0.25, 0.3) is 22.2 Å². The Balaban J connectivity index is 1.03. The molecule has 1 atom stereocenters. The number of carbonyl (C=O) groups excluding carboxylic acids is 2. The second kappa shape index (κ2) is 14.1. The third-order valence-electron chi connectivity index (χ3n) is 10.2. The topological polar surface area (TPSA) is 120 Å². The molecular weight excluding hydrogens is 606 g/mol. The molecule has 0 saturated carbocycles. The number of carbonyl (C=O) groups is 2. The lowest BCUT2D eigenvalue weighted by Crippen LogP contribution is -2.51. The molecule has 0 bridgehead atoms. The van der Waals surface area contributed by atoms with Gasteiger partial charge in [-0.1, -0.05) is 42.7 Å². The summed E-state index contributed by atoms with van der Waals surface area (Å²) in [4.78, 5) is 49.2. The van der Waals surface area contributed by atoms with Crippen molar-refractivity contribution in [3.8, 4) is 23.1 Å². The minimum absolute atomic E-state index is 0.0465. The van der Waals surface area contributed by atoms with E-state index in [-0.39, 0.29) is 17.6 Å². The number of rotatable bonds is 5. The molecule has 0 radical (unpaired) electrons. The van der Waals surface area contributed by atoms with Crippen molar-refractivity contribution in [3.63, 3.8) is 0 Å². The molecule has 0 spiro atoms. The van der Waals surface area contributed by atoms with Crippen LogP contribution in [-0.4, -0.2) is 97.9 Å². The number of hydrogen-bond acceptors (Lipinski definition) is 6. The van der Waals surface area contributed by atoms with Crippen molar-refractivity contribution >= 4 is 22.9 Å². The molecule has 3 saturated heterocycles. The SMILES string of the molecule is Cc1cc(C#CC(OC(=O)N2CCC(n3cc(-c4ccccc4)[nH]c3=O)CC2)C(=O)N2CCC(N3CCCCC3)CC2)cc2cn[nH]c12. The number of nitrogens with one attached hydrogen (secondary N) is 2. The van der Waals surface area contributed by atoms with Gasteiger partial charge in [0, 0.05) is 55.4 Å². The molecule has 250 valence electrons. The molecule has 5 heterocycles. The van der Waals surface area contributed by atoms with Gasteiger partial charge in [0.05, 0.1) is 17.4 Å². The summed E-state index contributed by atoms with van der Waals surface area (Å²) in [6.07, 6.45) is 8.62. The molecule has 4 aromatic rings. The van der Waals surface area contributed by atoms with Crippen LogP contribution < -0.4 is 5.69 Å². The van der Waals surface area contributed by atoms with E-state index in [1.807, 2.05) is 60.5 Å². The number of aromatic nitrogens is 4. The van der Waals surface area contributed by atoms with E-state index in [0.29, 0.717) is 45.1 Å². The van der Waals surface area contributed by atoms with Gasteiger partial charge in [0.15, 0.2) is 0 Å². The van der Waals surface area contributed by atoms with Crippen LogP contribution in [0.1, 0.15) is 62.1 Å². The second-order valence-electron chi connectivity index (χ2n) is 13.3. The van der Waals surface area contributed by atoms with Crippen molar-refractivity contribution in [1.29, 1.82) is 0 Å².